The Morgan fingerprint density at radius 3 is 2.39 bits per heavy atom. The predicted octanol–water partition coefficient (Wildman–Crippen LogP) is 4.82. The Bertz CT molecular complexity index is 956. The lowest BCUT2D eigenvalue weighted by Gasteiger charge is -2.19. The van der Waals surface area contributed by atoms with Gasteiger partial charge < -0.3 is 15.2 Å². The van der Waals surface area contributed by atoms with Crippen molar-refractivity contribution in [3.05, 3.63) is 82.4 Å². The summed E-state index contributed by atoms with van der Waals surface area (Å²) in [6, 6.07) is 18.3. The summed E-state index contributed by atoms with van der Waals surface area (Å²) < 4.78 is 1.98. The highest BCUT2D eigenvalue weighted by Gasteiger charge is 2.12. The van der Waals surface area contributed by atoms with Gasteiger partial charge in [0.05, 0.1) is 13.1 Å². The first-order chi connectivity index (χ1) is 14.6. The smallest absolute Gasteiger partial charge is 0.191 e. The van der Waals surface area contributed by atoms with Crippen LogP contribution in [0.4, 0.5) is 0 Å². The van der Waals surface area contributed by atoms with Gasteiger partial charge in [-0.3, -0.25) is 0 Å². The lowest BCUT2D eigenvalue weighted by atomic mass is 9.96. The molecule has 0 spiro atoms. The van der Waals surface area contributed by atoms with Gasteiger partial charge in [0, 0.05) is 24.5 Å². The van der Waals surface area contributed by atoms with Crippen LogP contribution in [0.3, 0.4) is 0 Å². The molecular weight excluding hydrogens is 523 g/mol. The van der Waals surface area contributed by atoms with Gasteiger partial charge in [0.15, 0.2) is 11.8 Å². The number of guanidine groups is 1. The zero-order chi connectivity index (χ0) is 21.3. The number of aromatic nitrogens is 3. The highest BCUT2D eigenvalue weighted by Crippen LogP contribution is 2.20. The molecule has 0 radical (unpaired) electrons. The molecule has 2 N–H and O–H groups in total. The van der Waals surface area contributed by atoms with E-state index in [9.17, 15) is 0 Å². The second kappa shape index (κ2) is 12.7. The third-order valence-corrected chi connectivity index (χ3v) is 5.46. The molecule has 0 aliphatic heterocycles. The van der Waals surface area contributed by atoms with Crippen LogP contribution in [0.25, 0.3) is 0 Å². The molecule has 1 heterocycles. The van der Waals surface area contributed by atoms with Crippen molar-refractivity contribution in [2.24, 2.45) is 12.0 Å². The maximum Gasteiger partial charge on any atom is 0.191 e. The molecule has 1 unspecified atom stereocenters. The summed E-state index contributed by atoms with van der Waals surface area (Å²) in [6.07, 6.45) is 1.02. The standard InChI is InChI=1S/C23H29ClN6.HI/c1-4-19(20-10-12-21(24)13-11-20)15-26-23(25-14-18-8-6-5-7-9-18)27-16-22-29-28-17(2)30(22)3;/h5-13,19H,4,14-16H2,1-3H3,(H2,25,26,27);1H. The van der Waals surface area contributed by atoms with Crippen LogP contribution < -0.4 is 10.6 Å². The molecule has 31 heavy (non-hydrogen) atoms. The molecule has 0 saturated carbocycles. The van der Waals surface area contributed by atoms with Crippen molar-refractivity contribution >= 4 is 41.5 Å². The molecule has 2 aromatic carbocycles. The van der Waals surface area contributed by atoms with Crippen LogP contribution in [0.15, 0.2) is 59.6 Å². The number of benzene rings is 2. The van der Waals surface area contributed by atoms with Crippen LogP contribution in [-0.4, -0.2) is 27.3 Å². The largest absolute Gasteiger partial charge is 0.356 e. The van der Waals surface area contributed by atoms with Crippen molar-refractivity contribution in [1.82, 2.24) is 25.4 Å². The van der Waals surface area contributed by atoms with E-state index in [1.54, 1.807) is 0 Å². The number of rotatable bonds is 8. The Morgan fingerprint density at radius 1 is 1.06 bits per heavy atom. The first-order valence-corrected chi connectivity index (χ1v) is 10.6. The SMILES string of the molecule is CCC(CNC(=NCc1ccccc1)NCc1nnc(C)n1C)c1ccc(Cl)cc1.I. The third kappa shape index (κ3) is 7.50. The van der Waals surface area contributed by atoms with Crippen molar-refractivity contribution in [3.63, 3.8) is 0 Å². The van der Waals surface area contributed by atoms with Gasteiger partial charge in [0.1, 0.15) is 5.82 Å². The van der Waals surface area contributed by atoms with Crippen molar-refractivity contribution in [2.75, 3.05) is 6.54 Å². The lowest BCUT2D eigenvalue weighted by Crippen LogP contribution is -2.39. The molecule has 0 aliphatic carbocycles. The van der Waals surface area contributed by atoms with Crippen LogP contribution in [0.1, 0.15) is 42.0 Å². The second-order valence-corrected chi connectivity index (χ2v) is 7.70. The predicted molar refractivity (Wildman–Crippen MR) is 138 cm³/mol. The summed E-state index contributed by atoms with van der Waals surface area (Å²) in [5.74, 6) is 2.87. The molecule has 0 aliphatic rings. The fourth-order valence-electron chi connectivity index (χ4n) is 3.15. The van der Waals surface area contributed by atoms with E-state index in [1.165, 1.54) is 5.56 Å². The van der Waals surface area contributed by atoms with E-state index in [-0.39, 0.29) is 24.0 Å². The van der Waals surface area contributed by atoms with E-state index in [1.807, 2.05) is 48.9 Å². The average Bonchev–Trinajstić information content (AvgIpc) is 3.09. The molecule has 8 heteroatoms. The maximum absolute atomic E-state index is 6.04. The maximum atomic E-state index is 6.04. The summed E-state index contributed by atoms with van der Waals surface area (Å²) in [5.41, 5.74) is 2.43. The van der Waals surface area contributed by atoms with E-state index < -0.39 is 0 Å². The van der Waals surface area contributed by atoms with Gasteiger partial charge in [-0.05, 0) is 36.6 Å². The fourth-order valence-corrected chi connectivity index (χ4v) is 3.27. The Morgan fingerprint density at radius 2 is 1.77 bits per heavy atom. The van der Waals surface area contributed by atoms with Gasteiger partial charge in [-0.2, -0.15) is 0 Å². The molecule has 3 aromatic rings. The van der Waals surface area contributed by atoms with Crippen LogP contribution in [0.2, 0.25) is 5.02 Å². The monoisotopic (exact) mass is 552 g/mol. The topological polar surface area (TPSA) is 67.1 Å². The minimum atomic E-state index is 0. The number of nitrogens with zero attached hydrogens (tertiary/aromatic N) is 4. The zero-order valence-corrected chi connectivity index (χ0v) is 21.3. The minimum Gasteiger partial charge on any atom is -0.356 e. The molecule has 1 aromatic heterocycles. The highest BCUT2D eigenvalue weighted by atomic mass is 127. The van der Waals surface area contributed by atoms with Crippen LogP contribution in [0, 0.1) is 6.92 Å². The quantitative estimate of drug-likeness (QED) is 0.239. The minimum absolute atomic E-state index is 0. The van der Waals surface area contributed by atoms with Gasteiger partial charge in [-0.1, -0.05) is 61.0 Å². The van der Waals surface area contributed by atoms with Gasteiger partial charge >= 0.3 is 0 Å². The summed E-state index contributed by atoms with van der Waals surface area (Å²) in [7, 11) is 1.97. The molecule has 166 valence electrons. The van der Waals surface area contributed by atoms with Crippen LogP contribution in [0.5, 0.6) is 0 Å². The van der Waals surface area contributed by atoms with Gasteiger partial charge in [0.25, 0.3) is 0 Å². The zero-order valence-electron chi connectivity index (χ0n) is 18.2. The van der Waals surface area contributed by atoms with E-state index in [4.69, 9.17) is 16.6 Å². The van der Waals surface area contributed by atoms with Crippen molar-refractivity contribution in [2.45, 2.75) is 39.3 Å². The van der Waals surface area contributed by atoms with E-state index in [2.05, 4.69) is 52.0 Å². The molecule has 0 amide bonds. The normalized spacial score (nSPS) is 12.2. The Balaban J connectivity index is 0.00000341. The summed E-state index contributed by atoms with van der Waals surface area (Å²) in [5, 5.41) is 16.0. The molecule has 6 nitrogen and oxygen atoms in total. The second-order valence-electron chi connectivity index (χ2n) is 7.26. The van der Waals surface area contributed by atoms with Gasteiger partial charge in [-0.15, -0.1) is 34.2 Å². The number of hydrogen-bond acceptors (Lipinski definition) is 3. The summed E-state index contributed by atoms with van der Waals surface area (Å²) >= 11 is 6.04. The first kappa shape index (κ1) is 25.1. The van der Waals surface area contributed by atoms with Gasteiger partial charge in [-0.25, -0.2) is 4.99 Å². The Labute approximate surface area is 206 Å². The molecule has 0 saturated heterocycles. The molecule has 0 fully saturated rings. The molecular formula is C23H30ClIN6. The average molecular weight is 553 g/mol. The molecule has 3 rings (SSSR count). The Hall–Kier alpha value is -2.13. The van der Waals surface area contributed by atoms with E-state index >= 15 is 0 Å². The summed E-state index contributed by atoms with van der Waals surface area (Å²) in [4.78, 5) is 4.78. The summed E-state index contributed by atoms with van der Waals surface area (Å²) in [6.45, 7) is 6.06. The number of aryl methyl sites for hydroxylation is 1. The third-order valence-electron chi connectivity index (χ3n) is 5.21. The van der Waals surface area contributed by atoms with Crippen LogP contribution >= 0.6 is 35.6 Å². The number of hydrogen-bond donors (Lipinski definition) is 2. The van der Waals surface area contributed by atoms with E-state index in [0.717, 1.165) is 41.2 Å². The highest BCUT2D eigenvalue weighted by molar-refractivity contribution is 14.0. The first-order valence-electron chi connectivity index (χ1n) is 10.2. The number of nitrogens with one attached hydrogen (secondary N) is 2. The lowest BCUT2D eigenvalue weighted by molar-refractivity contribution is 0.624. The molecule has 1 atom stereocenters. The van der Waals surface area contributed by atoms with Crippen LogP contribution in [-0.2, 0) is 20.1 Å². The fraction of sp³-hybridized carbons (Fsp3) is 0.348. The number of halogens is 2. The van der Waals surface area contributed by atoms with Gasteiger partial charge in [0.2, 0.25) is 0 Å². The van der Waals surface area contributed by atoms with Crippen molar-refractivity contribution in [1.29, 1.82) is 0 Å². The van der Waals surface area contributed by atoms with Crippen molar-refractivity contribution in [3.8, 4) is 0 Å². The number of aliphatic imine (C=N–C) groups is 1. The molecule has 0 bridgehead atoms. The van der Waals surface area contributed by atoms with Crippen molar-refractivity contribution < 1.29 is 0 Å². The Kier molecular flexibility index (Phi) is 10.3. The van der Waals surface area contributed by atoms with E-state index in [0.29, 0.717) is 19.0 Å².